The first kappa shape index (κ1) is 13.2. The van der Waals surface area contributed by atoms with Crippen LogP contribution in [0.4, 0.5) is 26.2 Å². The number of nitrogens with one attached hydrogen (secondary N) is 2. The van der Waals surface area contributed by atoms with Gasteiger partial charge in [-0.1, -0.05) is 11.6 Å². The van der Waals surface area contributed by atoms with Gasteiger partial charge in [0.25, 0.3) is 0 Å². The smallest absolute Gasteiger partial charge is 0.323 e. The molecule has 0 saturated carbocycles. The van der Waals surface area contributed by atoms with Crippen LogP contribution < -0.4 is 16.4 Å². The van der Waals surface area contributed by atoms with E-state index in [2.05, 4.69) is 10.6 Å². The van der Waals surface area contributed by atoms with Gasteiger partial charge in [-0.2, -0.15) is 0 Å². The van der Waals surface area contributed by atoms with Gasteiger partial charge in [0.15, 0.2) is 0 Å². The summed E-state index contributed by atoms with van der Waals surface area (Å²) in [6.07, 6.45) is 0. The second-order valence-corrected chi connectivity index (χ2v) is 4.26. The van der Waals surface area contributed by atoms with E-state index in [1.165, 1.54) is 12.1 Å². The zero-order valence-electron chi connectivity index (χ0n) is 9.78. The molecule has 98 valence electrons. The van der Waals surface area contributed by atoms with Crippen molar-refractivity contribution in [3.05, 3.63) is 53.3 Å². The van der Waals surface area contributed by atoms with Gasteiger partial charge in [-0.15, -0.1) is 0 Å². The van der Waals surface area contributed by atoms with Crippen molar-refractivity contribution >= 4 is 34.7 Å². The van der Waals surface area contributed by atoms with Crippen molar-refractivity contribution in [3.63, 3.8) is 0 Å². The highest BCUT2D eigenvalue weighted by atomic mass is 35.5. The van der Waals surface area contributed by atoms with E-state index in [9.17, 15) is 9.18 Å². The Hall–Kier alpha value is -2.27. The molecule has 0 unspecified atom stereocenters. The number of hydrogen-bond donors (Lipinski definition) is 3. The number of benzene rings is 2. The summed E-state index contributed by atoms with van der Waals surface area (Å²) < 4.78 is 13.5. The normalized spacial score (nSPS) is 10.0. The lowest BCUT2D eigenvalue weighted by Gasteiger charge is -2.08. The summed E-state index contributed by atoms with van der Waals surface area (Å²) in [5.41, 5.74) is 6.73. The number of carbonyl (C=O) groups excluding carboxylic acids is 1. The van der Waals surface area contributed by atoms with E-state index in [0.717, 1.165) is 6.07 Å². The van der Waals surface area contributed by atoms with Crippen LogP contribution >= 0.6 is 11.6 Å². The van der Waals surface area contributed by atoms with Gasteiger partial charge in [-0.05, 0) is 42.5 Å². The second kappa shape index (κ2) is 5.58. The molecule has 19 heavy (non-hydrogen) atoms. The van der Waals surface area contributed by atoms with Crippen LogP contribution in [-0.4, -0.2) is 6.03 Å². The third-order valence-electron chi connectivity index (χ3n) is 2.35. The number of halogens is 2. The number of carbonyl (C=O) groups is 1. The first-order valence-electron chi connectivity index (χ1n) is 5.43. The molecule has 0 aromatic heterocycles. The fraction of sp³-hybridized carbons (Fsp3) is 0. The molecule has 0 spiro atoms. The van der Waals surface area contributed by atoms with E-state index >= 15 is 0 Å². The van der Waals surface area contributed by atoms with Crippen molar-refractivity contribution < 1.29 is 9.18 Å². The Kier molecular flexibility index (Phi) is 3.87. The van der Waals surface area contributed by atoms with Gasteiger partial charge >= 0.3 is 6.03 Å². The number of nitrogens with two attached hydrogens (primary N) is 1. The molecule has 0 fully saturated rings. The molecule has 0 aliphatic carbocycles. The summed E-state index contributed by atoms with van der Waals surface area (Å²) in [5, 5.41) is 5.21. The third-order valence-corrected chi connectivity index (χ3v) is 2.58. The zero-order valence-corrected chi connectivity index (χ0v) is 10.5. The van der Waals surface area contributed by atoms with Crippen molar-refractivity contribution in [1.82, 2.24) is 0 Å². The zero-order chi connectivity index (χ0) is 13.8. The summed E-state index contributed by atoms with van der Waals surface area (Å²) in [5.74, 6) is -0.597. The molecule has 2 amide bonds. The Labute approximate surface area is 114 Å². The number of hydrogen-bond acceptors (Lipinski definition) is 2. The minimum absolute atomic E-state index is 0.0531. The maximum Gasteiger partial charge on any atom is 0.323 e. The van der Waals surface area contributed by atoms with Crippen molar-refractivity contribution in [2.45, 2.75) is 0 Å². The predicted octanol–water partition coefficient (Wildman–Crippen LogP) is 3.71. The van der Waals surface area contributed by atoms with Gasteiger partial charge in [0.2, 0.25) is 0 Å². The number of rotatable bonds is 2. The Morgan fingerprint density at radius 2 is 1.79 bits per heavy atom. The lowest BCUT2D eigenvalue weighted by atomic mass is 10.3. The second-order valence-electron chi connectivity index (χ2n) is 3.83. The Morgan fingerprint density at radius 1 is 1.11 bits per heavy atom. The van der Waals surface area contributed by atoms with Crippen LogP contribution in [0.1, 0.15) is 0 Å². The first-order chi connectivity index (χ1) is 9.04. The largest absolute Gasteiger partial charge is 0.399 e. The monoisotopic (exact) mass is 279 g/mol. The molecule has 0 radical (unpaired) electrons. The predicted molar refractivity (Wildman–Crippen MR) is 74.9 cm³/mol. The Bertz CT molecular complexity index is 601. The van der Waals surface area contributed by atoms with E-state index in [1.54, 1.807) is 24.3 Å². The average molecular weight is 280 g/mol. The van der Waals surface area contributed by atoms with Crippen molar-refractivity contribution in [2.75, 3.05) is 16.4 Å². The highest BCUT2D eigenvalue weighted by molar-refractivity contribution is 6.30. The van der Waals surface area contributed by atoms with E-state index < -0.39 is 11.8 Å². The molecule has 0 bridgehead atoms. The van der Waals surface area contributed by atoms with Crippen LogP contribution in [0.15, 0.2) is 42.5 Å². The molecular weight excluding hydrogens is 269 g/mol. The van der Waals surface area contributed by atoms with E-state index in [0.29, 0.717) is 11.4 Å². The van der Waals surface area contributed by atoms with E-state index in [1.807, 2.05) is 0 Å². The van der Waals surface area contributed by atoms with Gasteiger partial charge in [0, 0.05) is 16.4 Å². The number of urea groups is 1. The molecule has 4 nitrogen and oxygen atoms in total. The number of nitrogen functional groups attached to an aromatic ring is 1. The van der Waals surface area contributed by atoms with E-state index in [4.69, 9.17) is 17.3 Å². The highest BCUT2D eigenvalue weighted by Gasteiger charge is 2.07. The van der Waals surface area contributed by atoms with E-state index in [-0.39, 0.29) is 10.7 Å². The van der Waals surface area contributed by atoms with Gasteiger partial charge in [-0.25, -0.2) is 9.18 Å². The summed E-state index contributed by atoms with van der Waals surface area (Å²) >= 11 is 5.62. The van der Waals surface area contributed by atoms with Crippen molar-refractivity contribution in [3.8, 4) is 0 Å². The van der Waals surface area contributed by atoms with Gasteiger partial charge in [0.05, 0.1) is 5.69 Å². The molecule has 2 aromatic carbocycles. The SMILES string of the molecule is Nc1ccc(NC(=O)Nc2ccc(Cl)cc2F)cc1. The topological polar surface area (TPSA) is 67.1 Å². The van der Waals surface area contributed by atoms with Crippen LogP contribution in [0, 0.1) is 5.82 Å². The van der Waals surface area contributed by atoms with Crippen LogP contribution in [0.25, 0.3) is 0 Å². The molecule has 0 atom stereocenters. The maximum absolute atomic E-state index is 13.5. The van der Waals surface area contributed by atoms with Crippen molar-refractivity contribution in [1.29, 1.82) is 0 Å². The fourth-order valence-electron chi connectivity index (χ4n) is 1.44. The lowest BCUT2D eigenvalue weighted by Crippen LogP contribution is -2.20. The van der Waals surface area contributed by atoms with Gasteiger partial charge in [-0.3, -0.25) is 0 Å². The first-order valence-corrected chi connectivity index (χ1v) is 5.81. The summed E-state index contributed by atoms with van der Waals surface area (Å²) in [6.45, 7) is 0. The van der Waals surface area contributed by atoms with Crippen LogP contribution in [0.3, 0.4) is 0 Å². The molecule has 0 aliphatic heterocycles. The molecule has 0 aliphatic rings. The minimum atomic E-state index is -0.597. The quantitative estimate of drug-likeness (QED) is 0.734. The molecule has 2 aromatic rings. The molecular formula is C13H11ClFN3O. The Balaban J connectivity index is 2.03. The summed E-state index contributed by atoms with van der Waals surface area (Å²) in [7, 11) is 0. The Morgan fingerprint density at radius 3 is 2.42 bits per heavy atom. The van der Waals surface area contributed by atoms with Crippen molar-refractivity contribution in [2.24, 2.45) is 0 Å². The number of amides is 2. The molecule has 0 heterocycles. The standard InChI is InChI=1S/C13H11ClFN3O/c14-8-1-6-12(11(15)7-8)18-13(19)17-10-4-2-9(16)3-5-10/h1-7H,16H2,(H2,17,18,19). The summed E-state index contributed by atoms with van der Waals surface area (Å²) in [6, 6.07) is 10.0. The van der Waals surface area contributed by atoms with Crippen LogP contribution in [-0.2, 0) is 0 Å². The molecule has 4 N–H and O–H groups in total. The maximum atomic E-state index is 13.5. The molecule has 0 saturated heterocycles. The highest BCUT2D eigenvalue weighted by Crippen LogP contribution is 2.19. The van der Waals surface area contributed by atoms with Gasteiger partial charge in [0.1, 0.15) is 5.82 Å². The third kappa shape index (κ3) is 3.59. The lowest BCUT2D eigenvalue weighted by molar-refractivity contribution is 0.262. The number of anilines is 3. The van der Waals surface area contributed by atoms with Gasteiger partial charge < -0.3 is 16.4 Å². The molecule has 2 rings (SSSR count). The van der Waals surface area contributed by atoms with Crippen LogP contribution in [0.2, 0.25) is 5.02 Å². The minimum Gasteiger partial charge on any atom is -0.399 e. The molecule has 6 heteroatoms. The van der Waals surface area contributed by atoms with Crippen LogP contribution in [0.5, 0.6) is 0 Å². The summed E-state index contributed by atoms with van der Waals surface area (Å²) in [4.78, 5) is 11.7. The fourth-order valence-corrected chi connectivity index (χ4v) is 1.60. The average Bonchev–Trinajstić information content (AvgIpc) is 2.36.